The van der Waals surface area contributed by atoms with Crippen molar-refractivity contribution in [3.63, 3.8) is 0 Å². The van der Waals surface area contributed by atoms with Gasteiger partial charge in [-0.3, -0.25) is 9.59 Å². The van der Waals surface area contributed by atoms with Gasteiger partial charge in [0.2, 0.25) is 0 Å². The van der Waals surface area contributed by atoms with Crippen LogP contribution in [-0.2, 0) is 4.79 Å². The predicted octanol–water partition coefficient (Wildman–Crippen LogP) is 3.96. The van der Waals surface area contributed by atoms with Crippen LogP contribution in [0.2, 0.25) is 5.02 Å². The van der Waals surface area contributed by atoms with Gasteiger partial charge in [0.1, 0.15) is 0 Å². The minimum atomic E-state index is -0.752. The van der Waals surface area contributed by atoms with Gasteiger partial charge in [0.05, 0.1) is 7.11 Å². The summed E-state index contributed by atoms with van der Waals surface area (Å²) in [4.78, 5) is 23.6. The molecule has 1 atom stereocenters. The molecule has 0 aromatic heterocycles. The Bertz CT molecular complexity index is 743. The third kappa shape index (κ3) is 4.49. The molecule has 5 nitrogen and oxygen atoms in total. The van der Waals surface area contributed by atoms with Crippen LogP contribution in [0, 0.1) is 0 Å². The number of carbonyl (C=O) groups is 2. The Labute approximate surface area is 145 Å². The van der Waals surface area contributed by atoms with Gasteiger partial charge in [-0.15, -0.1) is 0 Å². The molecule has 126 valence electrons. The molecule has 1 amide bonds. The summed E-state index contributed by atoms with van der Waals surface area (Å²) in [5, 5.41) is 3.33. The fourth-order valence-electron chi connectivity index (χ4n) is 2.01. The summed E-state index contributed by atoms with van der Waals surface area (Å²) in [7, 11) is 1.48. The molecule has 0 aliphatic heterocycles. The van der Waals surface area contributed by atoms with Crippen LogP contribution in [0.15, 0.2) is 42.5 Å². The number of Topliss-reactive ketones (excluding diaryl/α,β-unsaturated/α-hetero) is 1. The lowest BCUT2D eigenvalue weighted by atomic mass is 10.1. The van der Waals surface area contributed by atoms with Gasteiger partial charge in [0.25, 0.3) is 5.91 Å². The number of nitrogens with one attached hydrogen (secondary N) is 1. The lowest BCUT2D eigenvalue weighted by Crippen LogP contribution is -2.30. The normalized spacial score (nSPS) is 11.5. The number of hydrogen-bond donors (Lipinski definition) is 1. The summed E-state index contributed by atoms with van der Waals surface area (Å²) in [6.45, 7) is 3.10. The minimum Gasteiger partial charge on any atom is -0.493 e. The van der Waals surface area contributed by atoms with E-state index in [1.165, 1.54) is 14.0 Å². The van der Waals surface area contributed by atoms with Gasteiger partial charge in [-0.2, -0.15) is 0 Å². The quantitative estimate of drug-likeness (QED) is 0.803. The number of carbonyl (C=O) groups excluding carboxylic acids is 2. The summed E-state index contributed by atoms with van der Waals surface area (Å²) >= 11 is 5.81. The summed E-state index contributed by atoms with van der Waals surface area (Å²) in [5.41, 5.74) is 1.14. The molecule has 0 saturated carbocycles. The topological polar surface area (TPSA) is 64.6 Å². The maximum atomic E-state index is 12.2. The number of halogens is 1. The maximum absolute atomic E-state index is 12.2. The number of benzene rings is 2. The average Bonchev–Trinajstić information content (AvgIpc) is 2.56. The second kappa shape index (κ2) is 7.84. The van der Waals surface area contributed by atoms with Crippen molar-refractivity contribution < 1.29 is 19.1 Å². The molecule has 2 aromatic rings. The molecule has 1 unspecified atom stereocenters. The highest BCUT2D eigenvalue weighted by molar-refractivity contribution is 6.30. The van der Waals surface area contributed by atoms with Crippen LogP contribution in [0.5, 0.6) is 11.5 Å². The standard InChI is InChI=1S/C18H18ClNO4/c1-11(21)13-4-9-16(17(10-13)23-3)24-12(2)18(22)20-15-7-5-14(19)6-8-15/h4-10,12H,1-3H3,(H,20,22). The summed E-state index contributed by atoms with van der Waals surface area (Å²) in [6.07, 6.45) is -0.752. The molecule has 0 saturated heterocycles. The van der Waals surface area contributed by atoms with Crippen molar-refractivity contribution in [3.8, 4) is 11.5 Å². The smallest absolute Gasteiger partial charge is 0.265 e. The molecule has 0 fully saturated rings. The lowest BCUT2D eigenvalue weighted by Gasteiger charge is -2.17. The van der Waals surface area contributed by atoms with Gasteiger partial charge in [0, 0.05) is 16.3 Å². The van der Waals surface area contributed by atoms with Crippen molar-refractivity contribution >= 4 is 29.0 Å². The monoisotopic (exact) mass is 347 g/mol. The van der Waals surface area contributed by atoms with Gasteiger partial charge >= 0.3 is 0 Å². The van der Waals surface area contributed by atoms with E-state index in [4.69, 9.17) is 21.1 Å². The van der Waals surface area contributed by atoms with Gasteiger partial charge < -0.3 is 14.8 Å². The number of methoxy groups -OCH3 is 1. The molecular formula is C18H18ClNO4. The zero-order valence-electron chi connectivity index (χ0n) is 13.6. The molecule has 0 spiro atoms. The number of amides is 1. The Hall–Kier alpha value is -2.53. The Balaban J connectivity index is 2.08. The van der Waals surface area contributed by atoms with Crippen LogP contribution in [0.25, 0.3) is 0 Å². The third-order valence-electron chi connectivity index (χ3n) is 3.35. The fraction of sp³-hybridized carbons (Fsp3) is 0.222. The van der Waals surface area contributed by atoms with Crippen molar-refractivity contribution in [3.05, 3.63) is 53.1 Å². The summed E-state index contributed by atoms with van der Waals surface area (Å²) < 4.78 is 10.9. The predicted molar refractivity (Wildman–Crippen MR) is 93.2 cm³/mol. The average molecular weight is 348 g/mol. The molecule has 0 radical (unpaired) electrons. The Kier molecular flexibility index (Phi) is 5.82. The Morgan fingerprint density at radius 3 is 2.33 bits per heavy atom. The first-order valence-corrected chi connectivity index (χ1v) is 7.70. The van der Waals surface area contributed by atoms with Gasteiger partial charge in [-0.25, -0.2) is 0 Å². The van der Waals surface area contributed by atoms with E-state index in [-0.39, 0.29) is 11.7 Å². The van der Waals surface area contributed by atoms with E-state index in [0.717, 1.165) is 0 Å². The van der Waals surface area contributed by atoms with Crippen molar-refractivity contribution in [2.75, 3.05) is 12.4 Å². The SMILES string of the molecule is COc1cc(C(C)=O)ccc1OC(C)C(=O)Nc1ccc(Cl)cc1. The van der Waals surface area contributed by atoms with Crippen LogP contribution in [0.4, 0.5) is 5.69 Å². The van der Waals surface area contributed by atoms with E-state index < -0.39 is 6.10 Å². The van der Waals surface area contributed by atoms with Crippen molar-refractivity contribution in [2.45, 2.75) is 20.0 Å². The van der Waals surface area contributed by atoms with E-state index in [1.54, 1.807) is 49.4 Å². The second-order valence-corrected chi connectivity index (χ2v) is 5.61. The number of ether oxygens (including phenoxy) is 2. The summed E-state index contributed by atoms with van der Waals surface area (Å²) in [5.74, 6) is 0.401. The summed E-state index contributed by atoms with van der Waals surface area (Å²) in [6, 6.07) is 11.6. The molecule has 2 rings (SSSR count). The first-order chi connectivity index (χ1) is 11.4. The molecule has 0 aliphatic rings. The van der Waals surface area contributed by atoms with Crippen LogP contribution < -0.4 is 14.8 Å². The van der Waals surface area contributed by atoms with Crippen molar-refractivity contribution in [1.29, 1.82) is 0 Å². The molecule has 1 N–H and O–H groups in total. The second-order valence-electron chi connectivity index (χ2n) is 5.18. The van der Waals surface area contributed by atoms with Gasteiger partial charge in [0.15, 0.2) is 23.4 Å². The number of ketones is 1. The molecule has 6 heteroatoms. The molecule has 2 aromatic carbocycles. The van der Waals surface area contributed by atoms with Crippen LogP contribution in [0.1, 0.15) is 24.2 Å². The zero-order chi connectivity index (χ0) is 17.7. The minimum absolute atomic E-state index is 0.0756. The van der Waals surface area contributed by atoms with Crippen LogP contribution in [0.3, 0.4) is 0 Å². The lowest BCUT2D eigenvalue weighted by molar-refractivity contribution is -0.122. The Morgan fingerprint density at radius 2 is 1.75 bits per heavy atom. The maximum Gasteiger partial charge on any atom is 0.265 e. The van der Waals surface area contributed by atoms with E-state index in [0.29, 0.717) is 27.8 Å². The third-order valence-corrected chi connectivity index (χ3v) is 3.61. The van der Waals surface area contributed by atoms with E-state index in [9.17, 15) is 9.59 Å². The zero-order valence-corrected chi connectivity index (χ0v) is 14.4. The van der Waals surface area contributed by atoms with Gasteiger partial charge in [-0.05, 0) is 56.3 Å². The van der Waals surface area contributed by atoms with Crippen molar-refractivity contribution in [1.82, 2.24) is 0 Å². The highest BCUT2D eigenvalue weighted by Gasteiger charge is 2.18. The van der Waals surface area contributed by atoms with Crippen LogP contribution >= 0.6 is 11.6 Å². The molecular weight excluding hydrogens is 330 g/mol. The highest BCUT2D eigenvalue weighted by Crippen LogP contribution is 2.29. The van der Waals surface area contributed by atoms with E-state index in [2.05, 4.69) is 5.32 Å². The first kappa shape index (κ1) is 17.8. The van der Waals surface area contributed by atoms with Gasteiger partial charge in [-0.1, -0.05) is 11.6 Å². The molecule has 0 aliphatic carbocycles. The largest absolute Gasteiger partial charge is 0.493 e. The van der Waals surface area contributed by atoms with Crippen LogP contribution in [-0.4, -0.2) is 24.9 Å². The Morgan fingerprint density at radius 1 is 1.08 bits per heavy atom. The molecule has 0 bridgehead atoms. The molecule has 24 heavy (non-hydrogen) atoms. The first-order valence-electron chi connectivity index (χ1n) is 7.32. The molecule has 0 heterocycles. The highest BCUT2D eigenvalue weighted by atomic mass is 35.5. The number of anilines is 1. The number of hydrogen-bond acceptors (Lipinski definition) is 4. The van der Waals surface area contributed by atoms with E-state index >= 15 is 0 Å². The number of rotatable bonds is 6. The fourth-order valence-corrected chi connectivity index (χ4v) is 2.13. The van der Waals surface area contributed by atoms with E-state index in [1.807, 2.05) is 0 Å². The van der Waals surface area contributed by atoms with Crippen molar-refractivity contribution in [2.24, 2.45) is 0 Å².